The summed E-state index contributed by atoms with van der Waals surface area (Å²) in [6, 6.07) is 0. The van der Waals surface area contributed by atoms with Crippen molar-refractivity contribution in [2.45, 2.75) is 0 Å². The third kappa shape index (κ3) is 512. The van der Waals surface area contributed by atoms with Crippen molar-refractivity contribution in [3.63, 3.8) is 0 Å². The summed E-state index contributed by atoms with van der Waals surface area (Å²) in [5, 5.41) is 0. The number of hydrogen-bond acceptors (Lipinski definition) is 3. The van der Waals surface area contributed by atoms with Crippen LogP contribution >= 0.6 is 23.5 Å². The first-order chi connectivity index (χ1) is 6.00. The maximum absolute atomic E-state index is 8.88. The van der Waals surface area contributed by atoms with Gasteiger partial charge >= 0.3 is 178 Å². The molecule has 0 aromatic rings. The molecule has 0 aromatic heterocycles. The van der Waals surface area contributed by atoms with Gasteiger partial charge in [-0.3, -0.25) is 0 Å². The predicted molar refractivity (Wildman–Crippen MR) is 57.0 cm³/mol. The van der Waals surface area contributed by atoms with Crippen LogP contribution in [0, 0.1) is 0 Å². The zero-order valence-corrected chi connectivity index (χ0v) is 23.1. The van der Waals surface area contributed by atoms with E-state index < -0.39 is 23.5 Å². The molecule has 0 bridgehead atoms. The van der Waals surface area contributed by atoms with Gasteiger partial charge in [0, 0.05) is 0 Å². The molecule has 15 nitrogen and oxygen atoms in total. The van der Waals surface area contributed by atoms with Crippen molar-refractivity contribution >= 4 is 23.5 Å². The fourth-order valence-corrected chi connectivity index (χ4v) is 0. The van der Waals surface area contributed by atoms with Crippen LogP contribution in [0.1, 0.15) is 4.28 Å². The standard InChI is InChI=1S/3K.3H3O4P.3H2O.3H/c;;;3*1-5(2,3)4;;;;;;/h;;;3*(H3,1,2,3,4);3*1H2;;;/q3*+1;;;;;;;3*-1. The van der Waals surface area contributed by atoms with Gasteiger partial charge in [-0.2, -0.15) is 0 Å². The van der Waals surface area contributed by atoms with E-state index in [9.17, 15) is 0 Å². The number of hydrogen-bond donors (Lipinski definition) is 9. The van der Waals surface area contributed by atoms with Crippen molar-refractivity contribution in [1.82, 2.24) is 0 Å². The van der Waals surface area contributed by atoms with Crippen molar-refractivity contribution in [2.75, 3.05) is 0 Å². The van der Waals surface area contributed by atoms with E-state index in [0.29, 0.717) is 0 Å². The van der Waals surface area contributed by atoms with Crippen LogP contribution in [0.25, 0.3) is 0 Å². The second kappa shape index (κ2) is 27.3. The van der Waals surface area contributed by atoms with Gasteiger partial charge in [0.25, 0.3) is 0 Å². The van der Waals surface area contributed by atoms with Crippen LogP contribution in [0.5, 0.6) is 0 Å². The Bertz CT molecular complexity index is 223. The van der Waals surface area contributed by atoms with Gasteiger partial charge in [-0.15, -0.1) is 0 Å². The molecule has 0 aliphatic heterocycles. The summed E-state index contributed by atoms with van der Waals surface area (Å²) < 4.78 is 26.6. The molecule has 0 saturated carbocycles. The van der Waals surface area contributed by atoms with E-state index in [4.69, 9.17) is 57.7 Å². The van der Waals surface area contributed by atoms with Gasteiger partial charge in [-0.05, 0) is 0 Å². The molecular formula is H18K3O15P3. The van der Waals surface area contributed by atoms with Gasteiger partial charge in [0.05, 0.1) is 0 Å². The summed E-state index contributed by atoms with van der Waals surface area (Å²) in [5.74, 6) is 0. The number of phosphoric acid groups is 3. The largest absolute Gasteiger partial charge is 1.00 e. The predicted octanol–water partition coefficient (Wildman–Crippen LogP) is -13.9. The van der Waals surface area contributed by atoms with Crippen molar-refractivity contribution in [2.24, 2.45) is 0 Å². The van der Waals surface area contributed by atoms with Crippen molar-refractivity contribution in [3.05, 3.63) is 0 Å². The van der Waals surface area contributed by atoms with Crippen molar-refractivity contribution in [1.29, 1.82) is 0 Å². The van der Waals surface area contributed by atoms with Crippen LogP contribution in [0.2, 0.25) is 0 Å². The quantitative estimate of drug-likeness (QED) is 0.118. The molecule has 0 fully saturated rings. The van der Waals surface area contributed by atoms with Crippen LogP contribution in [-0.2, 0) is 13.7 Å². The Kier molecular flexibility index (Phi) is 73.2. The first kappa shape index (κ1) is 56.2. The Morgan fingerprint density at radius 2 is 0.429 bits per heavy atom. The SMILES string of the molecule is O.O.O.O=P(O)(O)O.O=P(O)(O)O.O=P(O)(O)O.[H-].[H-].[H-].[K+].[K+].[K+]. The first-order valence-electron chi connectivity index (χ1n) is 2.35. The average molecular weight is 468 g/mol. The van der Waals surface area contributed by atoms with Crippen LogP contribution in [0.15, 0.2) is 0 Å². The van der Waals surface area contributed by atoms with E-state index in [1.807, 2.05) is 0 Å². The molecular weight excluding hydrogens is 450 g/mol. The van der Waals surface area contributed by atoms with Gasteiger partial charge in [0.15, 0.2) is 0 Å². The van der Waals surface area contributed by atoms with E-state index in [1.165, 1.54) is 0 Å². The Morgan fingerprint density at radius 3 is 0.429 bits per heavy atom. The minimum Gasteiger partial charge on any atom is -1.00 e. The van der Waals surface area contributed by atoms with Gasteiger partial charge < -0.3 is 64.7 Å². The molecule has 0 heterocycles. The molecule has 0 spiro atoms. The Hall–Kier alpha value is 5.12. The minimum absolute atomic E-state index is 0. The minimum atomic E-state index is -4.64. The molecule has 0 unspecified atom stereocenters. The normalized spacial score (nSPS) is 8.43. The summed E-state index contributed by atoms with van der Waals surface area (Å²) in [6.07, 6.45) is 0. The van der Waals surface area contributed by atoms with Gasteiger partial charge in [0.2, 0.25) is 0 Å². The summed E-state index contributed by atoms with van der Waals surface area (Å²) in [7, 11) is -13.9. The Balaban J connectivity index is -0.00000000758. The smallest absolute Gasteiger partial charge is 1.00 e. The second-order valence-corrected chi connectivity index (χ2v) is 4.62. The molecule has 0 saturated heterocycles. The van der Waals surface area contributed by atoms with Gasteiger partial charge in [-0.25, -0.2) is 13.7 Å². The molecule has 0 aromatic carbocycles. The van der Waals surface area contributed by atoms with Crippen LogP contribution in [-0.4, -0.2) is 60.5 Å². The molecule has 0 radical (unpaired) electrons. The van der Waals surface area contributed by atoms with Crippen LogP contribution in [0.3, 0.4) is 0 Å². The molecule has 0 amide bonds. The Labute approximate surface area is 250 Å². The van der Waals surface area contributed by atoms with E-state index in [1.54, 1.807) is 0 Å². The molecule has 126 valence electrons. The average Bonchev–Trinajstić information content (AvgIpc) is 1.41. The fourth-order valence-electron chi connectivity index (χ4n) is 0. The van der Waals surface area contributed by atoms with Crippen molar-refractivity contribution in [3.8, 4) is 0 Å². The zero-order chi connectivity index (χ0) is 13.5. The van der Waals surface area contributed by atoms with E-state index in [-0.39, 0.29) is 175 Å². The zero-order valence-electron chi connectivity index (χ0n) is 14.1. The molecule has 0 aliphatic carbocycles. The summed E-state index contributed by atoms with van der Waals surface area (Å²) >= 11 is 0. The number of rotatable bonds is 0. The maximum atomic E-state index is 8.88. The molecule has 0 atom stereocenters. The Morgan fingerprint density at radius 1 is 0.429 bits per heavy atom. The second-order valence-electron chi connectivity index (χ2n) is 1.54. The third-order valence-corrected chi connectivity index (χ3v) is 0. The fraction of sp³-hybridized carbons (Fsp3) is 0. The van der Waals surface area contributed by atoms with E-state index >= 15 is 0 Å². The van der Waals surface area contributed by atoms with E-state index in [0.717, 1.165) is 0 Å². The molecule has 21 heavy (non-hydrogen) atoms. The topological polar surface area (TPSA) is 328 Å². The molecule has 0 rings (SSSR count). The summed E-state index contributed by atoms with van der Waals surface area (Å²) in [6.45, 7) is 0. The van der Waals surface area contributed by atoms with Crippen molar-refractivity contribution < 1.29 is 233 Å². The van der Waals surface area contributed by atoms with E-state index in [2.05, 4.69) is 0 Å². The summed E-state index contributed by atoms with van der Waals surface area (Å²) in [5.41, 5.74) is 0. The van der Waals surface area contributed by atoms with Gasteiger partial charge in [-0.1, -0.05) is 0 Å². The first-order valence-corrected chi connectivity index (χ1v) is 7.04. The van der Waals surface area contributed by atoms with Crippen LogP contribution < -0.4 is 154 Å². The monoisotopic (exact) mass is 468 g/mol. The van der Waals surface area contributed by atoms with Gasteiger partial charge in [0.1, 0.15) is 0 Å². The summed E-state index contributed by atoms with van der Waals surface area (Å²) in [4.78, 5) is 64.7. The van der Waals surface area contributed by atoms with Crippen LogP contribution in [0.4, 0.5) is 0 Å². The molecule has 15 N–H and O–H groups in total. The molecule has 21 heteroatoms. The maximum Gasteiger partial charge on any atom is 1.00 e. The molecule has 0 aliphatic rings. The third-order valence-electron chi connectivity index (χ3n) is 0.